The number of methoxy groups -OCH3 is 1. The van der Waals surface area contributed by atoms with Gasteiger partial charge in [0.25, 0.3) is 0 Å². The molecule has 1 unspecified atom stereocenters. The van der Waals surface area contributed by atoms with Crippen molar-refractivity contribution in [3.63, 3.8) is 0 Å². The minimum atomic E-state index is -1.15. The maximum Gasteiger partial charge on any atom is 0.411 e. The van der Waals surface area contributed by atoms with E-state index in [1.54, 1.807) is 0 Å². The fourth-order valence-corrected chi connectivity index (χ4v) is 4.94. The van der Waals surface area contributed by atoms with Crippen LogP contribution in [0.5, 0.6) is 5.75 Å². The molecule has 1 amide bonds. The fourth-order valence-electron chi connectivity index (χ4n) is 4.94. The number of carboxylic acid groups (broad SMARTS) is 1. The van der Waals surface area contributed by atoms with E-state index in [-0.39, 0.29) is 6.42 Å². The SMILES string of the molecule is COC(=O)N(C(Cc1ccc(OCc2ccccc2)cc1)C(=O)O)C1c2ccccc2-c2ccccc21. The van der Waals surface area contributed by atoms with Crippen molar-refractivity contribution in [1.29, 1.82) is 0 Å². The molecular formula is C31H27NO5. The number of hydrogen-bond acceptors (Lipinski definition) is 4. The van der Waals surface area contributed by atoms with Crippen LogP contribution >= 0.6 is 0 Å². The monoisotopic (exact) mass is 493 g/mol. The third-order valence-corrected chi connectivity index (χ3v) is 6.69. The first-order valence-electron chi connectivity index (χ1n) is 12.1. The maximum atomic E-state index is 13.1. The first-order chi connectivity index (χ1) is 18.1. The highest BCUT2D eigenvalue weighted by Gasteiger charge is 2.42. The number of rotatable bonds is 8. The number of hydrogen-bond donors (Lipinski definition) is 1. The van der Waals surface area contributed by atoms with Crippen LogP contribution in [0.3, 0.4) is 0 Å². The Morgan fingerprint density at radius 3 is 1.92 bits per heavy atom. The van der Waals surface area contributed by atoms with Crippen LogP contribution in [0.1, 0.15) is 28.3 Å². The number of fused-ring (bicyclic) bond motifs is 3. The Labute approximate surface area is 215 Å². The Bertz CT molecular complexity index is 1360. The molecule has 1 atom stereocenters. The molecule has 6 heteroatoms. The fraction of sp³-hybridized carbons (Fsp3) is 0.161. The zero-order valence-corrected chi connectivity index (χ0v) is 20.4. The summed E-state index contributed by atoms with van der Waals surface area (Å²) in [7, 11) is 1.28. The van der Waals surface area contributed by atoms with Crippen molar-refractivity contribution < 1.29 is 24.2 Å². The Hall–Kier alpha value is -4.58. The van der Waals surface area contributed by atoms with E-state index in [4.69, 9.17) is 9.47 Å². The van der Waals surface area contributed by atoms with Crippen molar-refractivity contribution in [2.75, 3.05) is 7.11 Å². The molecule has 4 aromatic carbocycles. The first-order valence-corrected chi connectivity index (χ1v) is 12.1. The quantitative estimate of drug-likeness (QED) is 0.321. The van der Waals surface area contributed by atoms with Crippen LogP contribution in [0.25, 0.3) is 11.1 Å². The lowest BCUT2D eigenvalue weighted by Crippen LogP contribution is -2.48. The van der Waals surface area contributed by atoms with E-state index >= 15 is 0 Å². The molecule has 6 nitrogen and oxygen atoms in total. The second kappa shape index (κ2) is 10.6. The number of carbonyl (C=O) groups excluding carboxylic acids is 1. The van der Waals surface area contributed by atoms with Crippen LogP contribution in [0.2, 0.25) is 0 Å². The molecule has 0 radical (unpaired) electrons. The summed E-state index contributed by atoms with van der Waals surface area (Å²) < 4.78 is 11.0. The predicted molar refractivity (Wildman–Crippen MR) is 140 cm³/mol. The Kier molecular flexibility index (Phi) is 6.90. The van der Waals surface area contributed by atoms with Gasteiger partial charge in [0.05, 0.1) is 13.2 Å². The maximum absolute atomic E-state index is 13.1. The van der Waals surface area contributed by atoms with Gasteiger partial charge in [0.15, 0.2) is 0 Å². The van der Waals surface area contributed by atoms with E-state index in [2.05, 4.69) is 0 Å². The summed E-state index contributed by atoms with van der Waals surface area (Å²) in [5, 5.41) is 10.3. The Morgan fingerprint density at radius 2 is 1.35 bits per heavy atom. The second-order valence-electron chi connectivity index (χ2n) is 8.93. The number of nitrogens with zero attached hydrogens (tertiary/aromatic N) is 1. The van der Waals surface area contributed by atoms with Crippen LogP contribution < -0.4 is 4.74 Å². The van der Waals surface area contributed by atoms with Crippen LogP contribution in [0.4, 0.5) is 4.79 Å². The Morgan fingerprint density at radius 1 is 0.784 bits per heavy atom. The molecule has 0 spiro atoms. The van der Waals surface area contributed by atoms with Crippen molar-refractivity contribution >= 4 is 12.1 Å². The lowest BCUT2D eigenvalue weighted by atomic mass is 9.98. The molecule has 1 N–H and O–H groups in total. The average molecular weight is 494 g/mol. The van der Waals surface area contributed by atoms with Crippen LogP contribution in [0.15, 0.2) is 103 Å². The lowest BCUT2D eigenvalue weighted by molar-refractivity contribution is -0.143. The molecule has 0 bridgehead atoms. The van der Waals surface area contributed by atoms with Gasteiger partial charge in [-0.3, -0.25) is 4.90 Å². The summed E-state index contributed by atoms with van der Waals surface area (Å²) in [6.45, 7) is 0.439. The van der Waals surface area contributed by atoms with E-state index < -0.39 is 24.1 Å². The van der Waals surface area contributed by atoms with Gasteiger partial charge in [-0.1, -0.05) is 91.0 Å². The van der Waals surface area contributed by atoms with Gasteiger partial charge < -0.3 is 14.6 Å². The normalized spacial score (nSPS) is 12.8. The summed E-state index contributed by atoms with van der Waals surface area (Å²) in [6.07, 6.45) is -0.573. The average Bonchev–Trinajstić information content (AvgIpc) is 3.27. The van der Waals surface area contributed by atoms with Crippen molar-refractivity contribution in [3.8, 4) is 16.9 Å². The van der Waals surface area contributed by atoms with Crippen molar-refractivity contribution in [2.45, 2.75) is 25.1 Å². The summed E-state index contributed by atoms with van der Waals surface area (Å²) in [4.78, 5) is 27.1. The smallest absolute Gasteiger partial charge is 0.411 e. The molecule has 0 saturated heterocycles. The highest BCUT2D eigenvalue weighted by Crippen LogP contribution is 2.47. The van der Waals surface area contributed by atoms with Gasteiger partial charge in [-0.2, -0.15) is 0 Å². The minimum Gasteiger partial charge on any atom is -0.489 e. The zero-order chi connectivity index (χ0) is 25.8. The van der Waals surface area contributed by atoms with Crippen molar-refractivity contribution in [2.24, 2.45) is 0 Å². The largest absolute Gasteiger partial charge is 0.489 e. The van der Waals surface area contributed by atoms with Crippen LogP contribution in [0, 0.1) is 0 Å². The summed E-state index contributed by atoms with van der Waals surface area (Å²) in [6, 6.07) is 31.0. The molecule has 0 aliphatic heterocycles. The number of ether oxygens (including phenoxy) is 2. The molecule has 0 saturated carbocycles. The third-order valence-electron chi connectivity index (χ3n) is 6.69. The highest BCUT2D eigenvalue weighted by atomic mass is 16.5. The molecule has 0 fully saturated rings. The molecule has 186 valence electrons. The van der Waals surface area contributed by atoms with Crippen molar-refractivity contribution in [3.05, 3.63) is 125 Å². The van der Waals surface area contributed by atoms with E-state index in [9.17, 15) is 14.7 Å². The van der Waals surface area contributed by atoms with Gasteiger partial charge >= 0.3 is 12.1 Å². The van der Waals surface area contributed by atoms with Crippen molar-refractivity contribution in [1.82, 2.24) is 4.90 Å². The number of benzene rings is 4. The lowest BCUT2D eigenvalue weighted by Gasteiger charge is -2.34. The standard InChI is InChI=1S/C31H27NO5/c1-36-31(35)32(29-26-13-7-5-11-24(26)25-12-6-8-14-27(25)29)28(30(33)34)19-21-15-17-23(18-16-21)37-20-22-9-3-2-4-10-22/h2-18,28-29H,19-20H2,1H3,(H,33,34). The second-order valence-corrected chi connectivity index (χ2v) is 8.93. The topological polar surface area (TPSA) is 76.1 Å². The molecular weight excluding hydrogens is 466 g/mol. The highest BCUT2D eigenvalue weighted by molar-refractivity contribution is 5.85. The van der Waals surface area contributed by atoms with Gasteiger partial charge in [0, 0.05) is 6.42 Å². The minimum absolute atomic E-state index is 0.115. The van der Waals surface area contributed by atoms with Gasteiger partial charge in [-0.05, 0) is 45.5 Å². The molecule has 5 rings (SSSR count). The van der Waals surface area contributed by atoms with Gasteiger partial charge in [-0.25, -0.2) is 9.59 Å². The number of carboxylic acids is 1. The number of amides is 1. The predicted octanol–water partition coefficient (Wildman–Crippen LogP) is 6.10. The third kappa shape index (κ3) is 4.91. The van der Waals surface area contributed by atoms with Gasteiger partial charge in [0.2, 0.25) is 0 Å². The molecule has 0 heterocycles. The molecule has 1 aliphatic carbocycles. The van der Waals surface area contributed by atoms with E-state index in [0.717, 1.165) is 33.4 Å². The van der Waals surface area contributed by atoms with Crippen LogP contribution in [-0.2, 0) is 22.6 Å². The molecule has 1 aliphatic rings. The number of carbonyl (C=O) groups is 2. The number of aliphatic carboxylic acids is 1. The van der Waals surface area contributed by atoms with Gasteiger partial charge in [0.1, 0.15) is 18.4 Å². The van der Waals surface area contributed by atoms with E-state index in [1.165, 1.54) is 12.0 Å². The molecule has 0 aromatic heterocycles. The zero-order valence-electron chi connectivity index (χ0n) is 20.4. The van der Waals surface area contributed by atoms with E-state index in [0.29, 0.717) is 12.4 Å². The van der Waals surface area contributed by atoms with Gasteiger partial charge in [-0.15, -0.1) is 0 Å². The first kappa shape index (κ1) is 24.1. The summed E-state index contributed by atoms with van der Waals surface area (Å²) in [5.41, 5.74) is 5.56. The summed E-state index contributed by atoms with van der Waals surface area (Å²) in [5.74, 6) is -0.417. The Balaban J connectivity index is 1.43. The molecule has 4 aromatic rings. The van der Waals surface area contributed by atoms with Crippen LogP contribution in [-0.4, -0.2) is 35.2 Å². The molecule has 37 heavy (non-hydrogen) atoms. The summed E-state index contributed by atoms with van der Waals surface area (Å²) >= 11 is 0. The van der Waals surface area contributed by atoms with E-state index in [1.807, 2.05) is 103 Å².